The van der Waals surface area contributed by atoms with Crippen molar-refractivity contribution in [1.82, 2.24) is 5.32 Å². The summed E-state index contributed by atoms with van der Waals surface area (Å²) in [6, 6.07) is 5.75. The summed E-state index contributed by atoms with van der Waals surface area (Å²) in [4.78, 5) is 12.5. The summed E-state index contributed by atoms with van der Waals surface area (Å²) in [5.41, 5.74) is 3.36. The van der Waals surface area contributed by atoms with Crippen LogP contribution in [0.1, 0.15) is 53.6 Å². The SMILES string of the molecule is CO[C@@H]1CCCC[C@@H](NC(=O)c2ccc3c(c2)CCC3)[C@H]1O. The second kappa shape index (κ2) is 6.80. The molecule has 2 aliphatic rings. The molecule has 1 amide bonds. The average Bonchev–Trinajstić information content (AvgIpc) is 2.93. The molecule has 0 bridgehead atoms. The van der Waals surface area contributed by atoms with Crippen molar-refractivity contribution in [2.24, 2.45) is 0 Å². The van der Waals surface area contributed by atoms with Gasteiger partial charge in [0.25, 0.3) is 5.91 Å². The van der Waals surface area contributed by atoms with E-state index >= 15 is 0 Å². The highest BCUT2D eigenvalue weighted by Gasteiger charge is 2.31. The molecule has 2 aliphatic carbocycles. The minimum atomic E-state index is -0.633. The van der Waals surface area contributed by atoms with Gasteiger partial charge in [-0.05, 0) is 55.4 Å². The Morgan fingerprint density at radius 2 is 1.95 bits per heavy atom. The fourth-order valence-electron chi connectivity index (χ4n) is 3.69. The van der Waals surface area contributed by atoms with Crippen molar-refractivity contribution in [2.45, 2.75) is 63.2 Å². The van der Waals surface area contributed by atoms with Crippen molar-refractivity contribution in [2.75, 3.05) is 7.11 Å². The van der Waals surface area contributed by atoms with E-state index in [9.17, 15) is 9.90 Å². The summed E-state index contributed by atoms with van der Waals surface area (Å²) in [6.07, 6.45) is 6.23. The van der Waals surface area contributed by atoms with Gasteiger partial charge in [-0.3, -0.25) is 4.79 Å². The zero-order chi connectivity index (χ0) is 15.5. The minimum absolute atomic E-state index is 0.0875. The smallest absolute Gasteiger partial charge is 0.251 e. The van der Waals surface area contributed by atoms with Gasteiger partial charge in [0.05, 0.1) is 12.1 Å². The number of carbonyl (C=O) groups is 1. The second-order valence-corrected chi connectivity index (χ2v) is 6.47. The number of aliphatic hydroxyl groups is 1. The summed E-state index contributed by atoms with van der Waals surface area (Å²) in [5.74, 6) is -0.0875. The molecule has 3 atom stereocenters. The molecule has 3 rings (SSSR count). The molecular weight excluding hydrogens is 278 g/mol. The molecule has 2 N–H and O–H groups in total. The van der Waals surface area contributed by atoms with E-state index in [4.69, 9.17) is 4.74 Å². The van der Waals surface area contributed by atoms with Crippen LogP contribution >= 0.6 is 0 Å². The van der Waals surface area contributed by atoms with Gasteiger partial charge in [-0.2, -0.15) is 0 Å². The molecule has 0 saturated heterocycles. The number of amides is 1. The number of carbonyl (C=O) groups excluding carboxylic acids is 1. The van der Waals surface area contributed by atoms with E-state index in [0.29, 0.717) is 5.56 Å². The zero-order valence-electron chi connectivity index (χ0n) is 13.2. The van der Waals surface area contributed by atoms with Crippen LogP contribution in [0, 0.1) is 0 Å². The molecule has 0 spiro atoms. The first kappa shape index (κ1) is 15.5. The van der Waals surface area contributed by atoms with Gasteiger partial charge >= 0.3 is 0 Å². The number of hydrogen-bond donors (Lipinski definition) is 2. The Kier molecular flexibility index (Phi) is 4.79. The number of fused-ring (bicyclic) bond motifs is 1. The van der Waals surface area contributed by atoms with E-state index in [1.807, 2.05) is 12.1 Å². The summed E-state index contributed by atoms with van der Waals surface area (Å²) in [6.45, 7) is 0. The lowest BCUT2D eigenvalue weighted by Crippen LogP contribution is -2.48. The van der Waals surface area contributed by atoms with Crippen LogP contribution in [0.2, 0.25) is 0 Å². The fraction of sp³-hybridized carbons (Fsp3) is 0.611. The minimum Gasteiger partial charge on any atom is -0.388 e. The van der Waals surface area contributed by atoms with E-state index in [2.05, 4.69) is 11.4 Å². The van der Waals surface area contributed by atoms with Gasteiger partial charge in [0.15, 0.2) is 0 Å². The van der Waals surface area contributed by atoms with Crippen molar-refractivity contribution >= 4 is 5.91 Å². The van der Waals surface area contributed by atoms with E-state index in [1.54, 1.807) is 7.11 Å². The van der Waals surface area contributed by atoms with Crippen LogP contribution in [0.5, 0.6) is 0 Å². The normalized spacial score (nSPS) is 28.0. The third-order valence-corrected chi connectivity index (χ3v) is 5.03. The molecule has 0 aromatic heterocycles. The molecule has 22 heavy (non-hydrogen) atoms. The molecule has 1 aromatic carbocycles. The Balaban J connectivity index is 1.70. The number of aryl methyl sites for hydroxylation is 2. The number of hydrogen-bond acceptors (Lipinski definition) is 3. The molecule has 1 aromatic rings. The lowest BCUT2D eigenvalue weighted by molar-refractivity contribution is -0.0277. The van der Waals surface area contributed by atoms with Crippen LogP contribution in [0.3, 0.4) is 0 Å². The van der Waals surface area contributed by atoms with E-state index in [-0.39, 0.29) is 18.1 Å². The van der Waals surface area contributed by atoms with Crippen LogP contribution in [-0.4, -0.2) is 36.4 Å². The van der Waals surface area contributed by atoms with Gasteiger partial charge in [-0.25, -0.2) is 0 Å². The Hall–Kier alpha value is -1.39. The molecule has 0 heterocycles. The van der Waals surface area contributed by atoms with Gasteiger partial charge in [0, 0.05) is 12.7 Å². The van der Waals surface area contributed by atoms with Crippen molar-refractivity contribution in [3.8, 4) is 0 Å². The van der Waals surface area contributed by atoms with E-state index < -0.39 is 6.10 Å². The summed E-state index contributed by atoms with van der Waals surface area (Å²) in [5, 5.41) is 13.4. The van der Waals surface area contributed by atoms with Crippen molar-refractivity contribution in [1.29, 1.82) is 0 Å². The van der Waals surface area contributed by atoms with Crippen molar-refractivity contribution < 1.29 is 14.6 Å². The number of methoxy groups -OCH3 is 1. The number of rotatable bonds is 3. The second-order valence-electron chi connectivity index (χ2n) is 6.47. The maximum atomic E-state index is 12.5. The standard InChI is InChI=1S/C18H25NO3/c1-22-16-8-3-2-7-15(17(16)20)19-18(21)14-10-9-12-5-4-6-13(12)11-14/h9-11,15-17,20H,2-8H2,1H3,(H,19,21)/t15-,16-,17-/m1/s1. The Bertz CT molecular complexity index is 543. The first-order valence-corrected chi connectivity index (χ1v) is 8.32. The lowest BCUT2D eigenvalue weighted by Gasteiger charge is -2.27. The predicted octanol–water partition coefficient (Wildman–Crippen LogP) is 2.22. The number of aliphatic hydroxyl groups excluding tert-OH is 1. The summed E-state index contributed by atoms with van der Waals surface area (Å²) >= 11 is 0. The Labute approximate surface area is 131 Å². The molecule has 1 saturated carbocycles. The largest absolute Gasteiger partial charge is 0.388 e. The molecule has 4 heteroatoms. The highest BCUT2D eigenvalue weighted by Crippen LogP contribution is 2.24. The van der Waals surface area contributed by atoms with Gasteiger partial charge in [0.1, 0.15) is 6.10 Å². The molecule has 4 nitrogen and oxygen atoms in total. The molecule has 120 valence electrons. The molecule has 0 radical (unpaired) electrons. The van der Waals surface area contributed by atoms with Crippen LogP contribution in [0.25, 0.3) is 0 Å². The third-order valence-electron chi connectivity index (χ3n) is 5.03. The van der Waals surface area contributed by atoms with Gasteiger partial charge in [0.2, 0.25) is 0 Å². The molecular formula is C18H25NO3. The first-order valence-electron chi connectivity index (χ1n) is 8.32. The Morgan fingerprint density at radius 1 is 1.18 bits per heavy atom. The molecule has 0 aliphatic heterocycles. The maximum absolute atomic E-state index is 12.5. The highest BCUT2D eigenvalue weighted by atomic mass is 16.5. The van der Waals surface area contributed by atoms with Crippen LogP contribution < -0.4 is 5.32 Å². The highest BCUT2D eigenvalue weighted by molar-refractivity contribution is 5.94. The number of benzene rings is 1. The zero-order valence-corrected chi connectivity index (χ0v) is 13.2. The van der Waals surface area contributed by atoms with Crippen molar-refractivity contribution in [3.05, 3.63) is 34.9 Å². The summed E-state index contributed by atoms with van der Waals surface area (Å²) in [7, 11) is 1.62. The quantitative estimate of drug-likeness (QED) is 0.842. The van der Waals surface area contributed by atoms with Crippen LogP contribution in [0.4, 0.5) is 0 Å². The lowest BCUT2D eigenvalue weighted by atomic mass is 10.0. The number of ether oxygens (including phenoxy) is 1. The summed E-state index contributed by atoms with van der Waals surface area (Å²) < 4.78 is 5.36. The van der Waals surface area contributed by atoms with Gasteiger partial charge in [-0.1, -0.05) is 18.9 Å². The fourth-order valence-corrected chi connectivity index (χ4v) is 3.69. The first-order chi connectivity index (χ1) is 10.7. The van der Waals surface area contributed by atoms with Crippen molar-refractivity contribution in [3.63, 3.8) is 0 Å². The number of nitrogens with one attached hydrogen (secondary N) is 1. The molecule has 1 fully saturated rings. The Morgan fingerprint density at radius 3 is 2.77 bits per heavy atom. The van der Waals surface area contributed by atoms with Crippen LogP contribution in [0.15, 0.2) is 18.2 Å². The topological polar surface area (TPSA) is 58.6 Å². The predicted molar refractivity (Wildman–Crippen MR) is 85.0 cm³/mol. The van der Waals surface area contributed by atoms with Gasteiger partial charge < -0.3 is 15.2 Å². The monoisotopic (exact) mass is 303 g/mol. The third kappa shape index (κ3) is 3.18. The molecule has 0 unspecified atom stereocenters. The van der Waals surface area contributed by atoms with E-state index in [1.165, 1.54) is 17.5 Å². The van der Waals surface area contributed by atoms with E-state index in [0.717, 1.165) is 38.5 Å². The maximum Gasteiger partial charge on any atom is 0.251 e. The van der Waals surface area contributed by atoms with Gasteiger partial charge in [-0.15, -0.1) is 0 Å². The average molecular weight is 303 g/mol. The van der Waals surface area contributed by atoms with Crippen LogP contribution in [-0.2, 0) is 17.6 Å².